The number of nitrogens with zero attached hydrogens (tertiary/aromatic N) is 4. The lowest BCUT2D eigenvalue weighted by Gasteiger charge is -2.27. The van der Waals surface area contributed by atoms with Gasteiger partial charge in [0.25, 0.3) is 0 Å². The summed E-state index contributed by atoms with van der Waals surface area (Å²) < 4.78 is 27.0. The van der Waals surface area contributed by atoms with Crippen molar-refractivity contribution in [3.63, 3.8) is 0 Å². The molecular formula is C18H15ClN4O2S. The maximum absolute atomic E-state index is 12.8. The molecule has 132 valence electrons. The fraction of sp³-hybridized carbons (Fsp3) is 0.167. The highest BCUT2D eigenvalue weighted by Gasteiger charge is 2.29. The molecule has 0 saturated carbocycles. The number of fused-ring (bicyclic) bond motifs is 1. The summed E-state index contributed by atoms with van der Waals surface area (Å²) in [6.07, 6.45) is 3.53. The van der Waals surface area contributed by atoms with Gasteiger partial charge in [-0.05, 0) is 12.1 Å². The molecule has 1 aliphatic heterocycles. The van der Waals surface area contributed by atoms with Gasteiger partial charge in [-0.25, -0.2) is 23.4 Å². The molecule has 0 unspecified atom stereocenters. The normalized spacial score (nSPS) is 14.8. The van der Waals surface area contributed by atoms with Crippen LogP contribution >= 0.6 is 11.6 Å². The van der Waals surface area contributed by atoms with E-state index in [0.29, 0.717) is 18.8 Å². The Balaban J connectivity index is 1.61. The summed E-state index contributed by atoms with van der Waals surface area (Å²) >= 11 is 5.74. The maximum Gasteiger partial charge on any atom is 0.244 e. The first-order chi connectivity index (χ1) is 12.5. The van der Waals surface area contributed by atoms with Crippen LogP contribution in [-0.2, 0) is 23.0 Å². The topological polar surface area (TPSA) is 76.1 Å². The lowest BCUT2D eigenvalue weighted by molar-refractivity contribution is 0.387. The Morgan fingerprint density at radius 2 is 1.81 bits per heavy atom. The number of aromatic nitrogens is 3. The number of sulfonamides is 1. The van der Waals surface area contributed by atoms with E-state index < -0.39 is 10.0 Å². The Labute approximate surface area is 156 Å². The molecule has 3 aromatic rings. The zero-order valence-electron chi connectivity index (χ0n) is 13.7. The average Bonchev–Trinajstić information content (AvgIpc) is 2.68. The molecule has 0 spiro atoms. The molecule has 6 nitrogen and oxygen atoms in total. The van der Waals surface area contributed by atoms with Gasteiger partial charge in [0.05, 0.1) is 5.69 Å². The van der Waals surface area contributed by atoms with E-state index in [1.165, 1.54) is 22.6 Å². The van der Waals surface area contributed by atoms with Crippen molar-refractivity contribution >= 4 is 21.6 Å². The molecule has 4 rings (SSSR count). The van der Waals surface area contributed by atoms with Crippen molar-refractivity contribution < 1.29 is 8.42 Å². The van der Waals surface area contributed by atoms with E-state index in [1.54, 1.807) is 6.20 Å². The van der Waals surface area contributed by atoms with Gasteiger partial charge >= 0.3 is 0 Å². The first-order valence-corrected chi connectivity index (χ1v) is 9.88. The molecule has 0 bridgehead atoms. The van der Waals surface area contributed by atoms with Crippen LogP contribution in [0.5, 0.6) is 0 Å². The Bertz CT molecular complexity index is 1040. The van der Waals surface area contributed by atoms with Crippen molar-refractivity contribution in [2.24, 2.45) is 0 Å². The minimum Gasteiger partial charge on any atom is -0.243 e. The molecule has 2 aromatic heterocycles. The van der Waals surface area contributed by atoms with E-state index in [-0.39, 0.29) is 16.6 Å². The summed E-state index contributed by atoms with van der Waals surface area (Å²) in [5.41, 5.74) is 2.65. The molecule has 8 heteroatoms. The third kappa shape index (κ3) is 3.21. The van der Waals surface area contributed by atoms with Crippen LogP contribution in [0.15, 0.2) is 59.8 Å². The SMILES string of the molecule is O=S(=O)(c1ccc(Cl)nc1)N1CCc2nc(-c3ccccc3)ncc2C1. The Morgan fingerprint density at radius 1 is 1.00 bits per heavy atom. The summed E-state index contributed by atoms with van der Waals surface area (Å²) in [5.74, 6) is 0.655. The van der Waals surface area contributed by atoms with Crippen LogP contribution in [0, 0.1) is 0 Å². The standard InChI is InChI=1S/C18H15ClN4O2S/c19-17-7-6-15(11-20-17)26(24,25)23-9-8-16-14(12-23)10-21-18(22-16)13-4-2-1-3-5-13/h1-7,10-11H,8-9,12H2. The molecule has 1 aliphatic rings. The highest BCUT2D eigenvalue weighted by molar-refractivity contribution is 7.89. The lowest BCUT2D eigenvalue weighted by atomic mass is 10.1. The zero-order chi connectivity index (χ0) is 18.1. The summed E-state index contributed by atoms with van der Waals surface area (Å²) in [6, 6.07) is 12.7. The molecule has 0 saturated heterocycles. The molecule has 0 amide bonds. The van der Waals surface area contributed by atoms with Crippen LogP contribution < -0.4 is 0 Å². The van der Waals surface area contributed by atoms with E-state index in [1.807, 2.05) is 30.3 Å². The van der Waals surface area contributed by atoms with Gasteiger partial charge in [-0.15, -0.1) is 0 Å². The number of benzene rings is 1. The molecule has 0 atom stereocenters. The number of halogens is 1. The highest BCUT2D eigenvalue weighted by atomic mass is 35.5. The second-order valence-corrected chi connectivity index (χ2v) is 8.26. The van der Waals surface area contributed by atoms with Crippen molar-refractivity contribution in [3.8, 4) is 11.4 Å². The molecule has 0 fully saturated rings. The summed E-state index contributed by atoms with van der Waals surface area (Å²) in [4.78, 5) is 13.0. The largest absolute Gasteiger partial charge is 0.244 e. The van der Waals surface area contributed by atoms with E-state index in [9.17, 15) is 8.42 Å². The zero-order valence-corrected chi connectivity index (χ0v) is 15.3. The summed E-state index contributed by atoms with van der Waals surface area (Å²) in [6.45, 7) is 0.610. The van der Waals surface area contributed by atoms with Crippen molar-refractivity contribution in [1.82, 2.24) is 19.3 Å². The summed E-state index contributed by atoms with van der Waals surface area (Å²) in [5, 5.41) is 0.259. The minimum absolute atomic E-state index is 0.132. The van der Waals surface area contributed by atoms with Crippen molar-refractivity contribution in [1.29, 1.82) is 0 Å². The molecule has 1 aromatic carbocycles. The van der Waals surface area contributed by atoms with Crippen LogP contribution in [0.1, 0.15) is 11.3 Å². The monoisotopic (exact) mass is 386 g/mol. The van der Waals surface area contributed by atoms with Gasteiger partial charge < -0.3 is 0 Å². The molecule has 0 aliphatic carbocycles. The van der Waals surface area contributed by atoms with Gasteiger partial charge in [0, 0.05) is 43.0 Å². The molecule has 26 heavy (non-hydrogen) atoms. The van der Waals surface area contributed by atoms with Crippen molar-refractivity contribution in [2.45, 2.75) is 17.9 Å². The van der Waals surface area contributed by atoms with Crippen LogP contribution in [0.4, 0.5) is 0 Å². The van der Waals surface area contributed by atoms with Gasteiger partial charge in [0.2, 0.25) is 10.0 Å². The average molecular weight is 387 g/mol. The minimum atomic E-state index is -3.63. The Kier molecular flexibility index (Phi) is 4.44. The molecular weight excluding hydrogens is 372 g/mol. The number of hydrogen-bond acceptors (Lipinski definition) is 5. The fourth-order valence-corrected chi connectivity index (χ4v) is 4.36. The van der Waals surface area contributed by atoms with Gasteiger partial charge in [0.15, 0.2) is 5.82 Å². The van der Waals surface area contributed by atoms with Crippen LogP contribution in [-0.4, -0.2) is 34.2 Å². The second-order valence-electron chi connectivity index (χ2n) is 5.94. The van der Waals surface area contributed by atoms with Gasteiger partial charge in [0.1, 0.15) is 10.0 Å². The van der Waals surface area contributed by atoms with Crippen LogP contribution in [0.25, 0.3) is 11.4 Å². The predicted octanol–water partition coefficient (Wildman–Crippen LogP) is 2.94. The highest BCUT2D eigenvalue weighted by Crippen LogP contribution is 2.25. The fourth-order valence-electron chi connectivity index (χ4n) is 2.89. The number of hydrogen-bond donors (Lipinski definition) is 0. The third-order valence-electron chi connectivity index (χ3n) is 4.27. The van der Waals surface area contributed by atoms with Crippen LogP contribution in [0.3, 0.4) is 0 Å². The predicted molar refractivity (Wildman–Crippen MR) is 98.0 cm³/mol. The van der Waals surface area contributed by atoms with Gasteiger partial charge in [-0.2, -0.15) is 4.31 Å². The Morgan fingerprint density at radius 3 is 2.54 bits per heavy atom. The molecule has 0 radical (unpaired) electrons. The number of rotatable bonds is 3. The number of pyridine rings is 1. The smallest absolute Gasteiger partial charge is 0.243 e. The van der Waals surface area contributed by atoms with Gasteiger partial charge in [-0.3, -0.25) is 0 Å². The lowest BCUT2D eigenvalue weighted by Crippen LogP contribution is -2.36. The van der Waals surface area contributed by atoms with E-state index >= 15 is 0 Å². The summed E-state index contributed by atoms with van der Waals surface area (Å²) in [7, 11) is -3.63. The third-order valence-corrected chi connectivity index (χ3v) is 6.32. The maximum atomic E-state index is 12.8. The molecule has 3 heterocycles. The first-order valence-electron chi connectivity index (χ1n) is 8.06. The quantitative estimate of drug-likeness (QED) is 0.647. The van der Waals surface area contributed by atoms with Gasteiger partial charge in [-0.1, -0.05) is 41.9 Å². The van der Waals surface area contributed by atoms with E-state index in [4.69, 9.17) is 11.6 Å². The molecule has 0 N–H and O–H groups in total. The van der Waals surface area contributed by atoms with Crippen molar-refractivity contribution in [2.75, 3.05) is 6.54 Å². The van der Waals surface area contributed by atoms with Crippen molar-refractivity contribution in [3.05, 3.63) is 71.3 Å². The van der Waals surface area contributed by atoms with E-state index in [2.05, 4.69) is 15.0 Å². The Hall–Kier alpha value is -2.35. The van der Waals surface area contributed by atoms with E-state index in [0.717, 1.165) is 16.8 Å². The first kappa shape index (κ1) is 17.1. The van der Waals surface area contributed by atoms with Crippen LogP contribution in [0.2, 0.25) is 5.15 Å². The second kappa shape index (κ2) is 6.75.